The van der Waals surface area contributed by atoms with Gasteiger partial charge in [-0.2, -0.15) is 9.97 Å². The standard InChI is InChI=1S/C15H13N5O/c21-15-19-13(12-6-8-16-9-7-12)18-14(20-15)17-10-11-4-2-1-3-5-11/h1-9H,10H2,(H2,17,18,19,20,21). The third-order valence-corrected chi connectivity index (χ3v) is 2.89. The van der Waals surface area contributed by atoms with Gasteiger partial charge in [0, 0.05) is 24.5 Å². The lowest BCUT2D eigenvalue weighted by atomic mass is 10.2. The zero-order chi connectivity index (χ0) is 14.5. The van der Waals surface area contributed by atoms with Gasteiger partial charge in [-0.05, 0) is 17.7 Å². The summed E-state index contributed by atoms with van der Waals surface area (Å²) in [4.78, 5) is 26.3. The number of hydrogen-bond donors (Lipinski definition) is 2. The maximum absolute atomic E-state index is 11.6. The number of pyridine rings is 1. The van der Waals surface area contributed by atoms with E-state index in [9.17, 15) is 4.79 Å². The van der Waals surface area contributed by atoms with Crippen LogP contribution in [0.4, 0.5) is 5.95 Å². The predicted octanol–water partition coefficient (Wildman–Crippen LogP) is 1.84. The molecule has 0 fully saturated rings. The average molecular weight is 279 g/mol. The van der Waals surface area contributed by atoms with E-state index in [4.69, 9.17) is 0 Å². The number of nitrogens with one attached hydrogen (secondary N) is 2. The third kappa shape index (κ3) is 3.30. The van der Waals surface area contributed by atoms with Crippen LogP contribution < -0.4 is 11.0 Å². The van der Waals surface area contributed by atoms with Crippen molar-refractivity contribution in [2.24, 2.45) is 0 Å². The van der Waals surface area contributed by atoms with Crippen molar-refractivity contribution in [2.75, 3.05) is 5.32 Å². The molecule has 0 aliphatic carbocycles. The van der Waals surface area contributed by atoms with E-state index in [0.29, 0.717) is 18.3 Å². The van der Waals surface area contributed by atoms with Gasteiger partial charge in [0.05, 0.1) is 0 Å². The van der Waals surface area contributed by atoms with Gasteiger partial charge < -0.3 is 5.32 Å². The van der Waals surface area contributed by atoms with Gasteiger partial charge in [-0.1, -0.05) is 30.3 Å². The molecule has 3 aromatic rings. The normalized spacial score (nSPS) is 10.3. The molecule has 2 aromatic heterocycles. The fourth-order valence-electron chi connectivity index (χ4n) is 1.88. The van der Waals surface area contributed by atoms with E-state index < -0.39 is 5.69 Å². The van der Waals surface area contributed by atoms with Gasteiger partial charge in [0.2, 0.25) is 5.95 Å². The Hall–Kier alpha value is -3.02. The van der Waals surface area contributed by atoms with Crippen LogP contribution in [0.2, 0.25) is 0 Å². The zero-order valence-corrected chi connectivity index (χ0v) is 11.2. The maximum Gasteiger partial charge on any atom is 0.349 e. The summed E-state index contributed by atoms with van der Waals surface area (Å²) in [5, 5.41) is 3.09. The lowest BCUT2D eigenvalue weighted by Crippen LogP contribution is -2.17. The Labute approximate surface area is 121 Å². The first-order chi connectivity index (χ1) is 10.3. The highest BCUT2D eigenvalue weighted by molar-refractivity contribution is 5.54. The fourth-order valence-corrected chi connectivity index (χ4v) is 1.88. The number of H-pyrrole nitrogens is 1. The van der Waals surface area contributed by atoms with Crippen LogP contribution in [0.5, 0.6) is 0 Å². The van der Waals surface area contributed by atoms with Crippen LogP contribution in [0.1, 0.15) is 5.56 Å². The summed E-state index contributed by atoms with van der Waals surface area (Å²) in [6.45, 7) is 0.573. The number of benzene rings is 1. The molecule has 6 heteroatoms. The lowest BCUT2D eigenvalue weighted by molar-refractivity contribution is 0.966. The highest BCUT2D eigenvalue weighted by atomic mass is 16.1. The molecule has 0 aliphatic rings. The Kier molecular flexibility index (Phi) is 3.68. The molecule has 3 rings (SSSR count). The Morgan fingerprint density at radius 2 is 1.76 bits per heavy atom. The third-order valence-electron chi connectivity index (χ3n) is 2.89. The topological polar surface area (TPSA) is 83.6 Å². The van der Waals surface area contributed by atoms with E-state index in [1.165, 1.54) is 0 Å². The van der Waals surface area contributed by atoms with Crippen molar-refractivity contribution in [3.63, 3.8) is 0 Å². The van der Waals surface area contributed by atoms with Crippen LogP contribution >= 0.6 is 0 Å². The minimum atomic E-state index is -0.438. The van der Waals surface area contributed by atoms with Gasteiger partial charge in [-0.15, -0.1) is 0 Å². The van der Waals surface area contributed by atoms with E-state index in [0.717, 1.165) is 11.1 Å². The molecule has 0 spiro atoms. The summed E-state index contributed by atoms with van der Waals surface area (Å²) in [7, 11) is 0. The molecular weight excluding hydrogens is 266 g/mol. The average Bonchev–Trinajstić information content (AvgIpc) is 2.54. The summed E-state index contributed by atoms with van der Waals surface area (Å²) < 4.78 is 0. The molecule has 0 atom stereocenters. The van der Waals surface area contributed by atoms with Crippen molar-refractivity contribution < 1.29 is 0 Å². The Balaban J connectivity index is 1.83. The van der Waals surface area contributed by atoms with Crippen LogP contribution in [0.15, 0.2) is 59.7 Å². The second kappa shape index (κ2) is 5.96. The van der Waals surface area contributed by atoms with Crippen molar-refractivity contribution in [1.82, 2.24) is 19.9 Å². The minimum Gasteiger partial charge on any atom is -0.352 e. The fraction of sp³-hybridized carbons (Fsp3) is 0.0667. The van der Waals surface area contributed by atoms with Gasteiger partial charge in [-0.25, -0.2) is 4.79 Å². The van der Waals surface area contributed by atoms with Gasteiger partial charge in [0.1, 0.15) is 0 Å². The van der Waals surface area contributed by atoms with Crippen molar-refractivity contribution in [2.45, 2.75) is 6.54 Å². The summed E-state index contributed by atoms with van der Waals surface area (Å²) in [6.07, 6.45) is 3.27. The molecule has 0 bridgehead atoms. The lowest BCUT2D eigenvalue weighted by Gasteiger charge is -2.06. The molecule has 0 saturated heterocycles. The first-order valence-corrected chi connectivity index (χ1v) is 6.48. The van der Waals surface area contributed by atoms with Crippen LogP contribution in [-0.2, 0) is 6.54 Å². The quantitative estimate of drug-likeness (QED) is 0.761. The Bertz CT molecular complexity index is 771. The van der Waals surface area contributed by atoms with Crippen molar-refractivity contribution >= 4 is 5.95 Å². The van der Waals surface area contributed by atoms with Gasteiger partial charge in [0.25, 0.3) is 0 Å². The predicted molar refractivity (Wildman–Crippen MR) is 79.7 cm³/mol. The number of aromatic nitrogens is 4. The number of anilines is 1. The van der Waals surface area contributed by atoms with Crippen LogP contribution in [0.25, 0.3) is 11.4 Å². The monoisotopic (exact) mass is 279 g/mol. The molecule has 0 radical (unpaired) electrons. The van der Waals surface area contributed by atoms with E-state index >= 15 is 0 Å². The van der Waals surface area contributed by atoms with Crippen molar-refractivity contribution in [3.05, 3.63) is 70.9 Å². The first kappa shape index (κ1) is 13.0. The number of aromatic amines is 1. The highest BCUT2D eigenvalue weighted by Gasteiger charge is 2.05. The van der Waals surface area contributed by atoms with E-state index in [1.54, 1.807) is 24.5 Å². The molecule has 2 heterocycles. The van der Waals surface area contributed by atoms with E-state index in [1.807, 2.05) is 30.3 Å². The molecule has 21 heavy (non-hydrogen) atoms. The van der Waals surface area contributed by atoms with E-state index in [2.05, 4.69) is 25.3 Å². The highest BCUT2D eigenvalue weighted by Crippen LogP contribution is 2.12. The van der Waals surface area contributed by atoms with Crippen molar-refractivity contribution in [3.8, 4) is 11.4 Å². The Morgan fingerprint density at radius 3 is 2.52 bits per heavy atom. The molecule has 2 N–H and O–H groups in total. The SMILES string of the molecule is O=c1nc(-c2ccncc2)nc(NCc2ccccc2)[nH]1. The number of hydrogen-bond acceptors (Lipinski definition) is 5. The van der Waals surface area contributed by atoms with Gasteiger partial charge >= 0.3 is 5.69 Å². The summed E-state index contributed by atoms with van der Waals surface area (Å²) >= 11 is 0. The molecule has 1 aromatic carbocycles. The second-order valence-corrected chi connectivity index (χ2v) is 4.40. The molecule has 104 valence electrons. The Morgan fingerprint density at radius 1 is 1.00 bits per heavy atom. The maximum atomic E-state index is 11.6. The minimum absolute atomic E-state index is 0.372. The molecular formula is C15H13N5O. The summed E-state index contributed by atoms with van der Waals surface area (Å²) in [5.74, 6) is 0.766. The van der Waals surface area contributed by atoms with Gasteiger partial charge in [0.15, 0.2) is 5.82 Å². The number of nitrogens with zero attached hydrogens (tertiary/aromatic N) is 3. The molecule has 0 aliphatic heterocycles. The first-order valence-electron chi connectivity index (χ1n) is 6.48. The zero-order valence-electron chi connectivity index (χ0n) is 11.2. The van der Waals surface area contributed by atoms with Crippen molar-refractivity contribution in [1.29, 1.82) is 0 Å². The smallest absolute Gasteiger partial charge is 0.349 e. The van der Waals surface area contributed by atoms with E-state index in [-0.39, 0.29) is 0 Å². The number of rotatable bonds is 4. The largest absolute Gasteiger partial charge is 0.352 e. The van der Waals surface area contributed by atoms with Crippen LogP contribution in [0, 0.1) is 0 Å². The molecule has 0 saturated carbocycles. The molecule has 0 amide bonds. The summed E-state index contributed by atoms with van der Waals surface area (Å²) in [5.41, 5.74) is 1.41. The van der Waals surface area contributed by atoms with Crippen LogP contribution in [-0.4, -0.2) is 19.9 Å². The van der Waals surface area contributed by atoms with Crippen LogP contribution in [0.3, 0.4) is 0 Å². The second-order valence-electron chi connectivity index (χ2n) is 4.40. The summed E-state index contributed by atoms with van der Waals surface area (Å²) in [6, 6.07) is 13.4. The van der Waals surface area contributed by atoms with Gasteiger partial charge in [-0.3, -0.25) is 9.97 Å². The molecule has 6 nitrogen and oxygen atoms in total. The molecule has 0 unspecified atom stereocenters.